The van der Waals surface area contributed by atoms with E-state index in [9.17, 15) is 4.79 Å². The molecule has 1 rings (SSSR count). The van der Waals surface area contributed by atoms with Crippen LogP contribution in [0.3, 0.4) is 0 Å². The molecule has 0 aliphatic rings. The quantitative estimate of drug-likeness (QED) is 0.284. The smallest absolute Gasteiger partial charge is 0.338 e. The number of esters is 1. The largest absolute Gasteiger partial charge is 0.458 e. The van der Waals surface area contributed by atoms with E-state index < -0.39 is 8.32 Å². The zero-order chi connectivity index (χ0) is 17.3. The maximum Gasteiger partial charge on any atom is 0.338 e. The highest BCUT2D eigenvalue weighted by atomic mass is 28.4. The van der Waals surface area contributed by atoms with Crippen LogP contribution in [0, 0.1) is 0 Å². The molecular weight excluding hydrogens is 304 g/mol. The molecular formula is C19H30O3Si. The van der Waals surface area contributed by atoms with Crippen LogP contribution in [0.4, 0.5) is 0 Å². The minimum atomic E-state index is -1.63. The molecule has 0 aliphatic carbocycles. The predicted octanol–water partition coefficient (Wildman–Crippen LogP) is 5.20. The molecule has 0 aliphatic heterocycles. The molecule has 128 valence electrons. The third-order valence-electron chi connectivity index (χ3n) is 4.27. The number of carbonyl (C=O) groups excluding carboxylic acids is 1. The van der Waals surface area contributed by atoms with Gasteiger partial charge in [-0.05, 0) is 43.1 Å². The molecule has 1 aromatic rings. The summed E-state index contributed by atoms with van der Waals surface area (Å²) in [6.07, 6.45) is 5.88. The van der Waals surface area contributed by atoms with Crippen molar-refractivity contribution in [3.8, 4) is 0 Å². The Morgan fingerprint density at radius 3 is 2.39 bits per heavy atom. The number of unbranched alkanes of at least 4 members (excludes halogenated alkanes) is 1. The van der Waals surface area contributed by atoms with Crippen LogP contribution in [-0.2, 0) is 9.16 Å². The van der Waals surface area contributed by atoms with Crippen LogP contribution >= 0.6 is 0 Å². The summed E-state index contributed by atoms with van der Waals surface area (Å²) < 4.78 is 11.3. The molecule has 0 N–H and O–H groups in total. The van der Waals surface area contributed by atoms with Crippen molar-refractivity contribution in [3.63, 3.8) is 0 Å². The molecule has 0 heterocycles. The summed E-state index contributed by atoms with van der Waals surface area (Å²) in [5.74, 6) is -0.281. The van der Waals surface area contributed by atoms with Crippen LogP contribution in [0.1, 0.15) is 44.0 Å². The average molecular weight is 335 g/mol. The van der Waals surface area contributed by atoms with Crippen molar-refractivity contribution in [2.45, 2.75) is 51.7 Å². The fourth-order valence-electron chi connectivity index (χ4n) is 1.71. The van der Waals surface area contributed by atoms with Crippen LogP contribution in [-0.4, -0.2) is 27.5 Å². The lowest BCUT2D eigenvalue weighted by Gasteiger charge is -2.36. The summed E-state index contributed by atoms with van der Waals surface area (Å²) in [4.78, 5) is 11.7. The zero-order valence-corrected chi connectivity index (χ0v) is 16.1. The van der Waals surface area contributed by atoms with Gasteiger partial charge in [0, 0.05) is 6.61 Å². The second-order valence-electron chi connectivity index (χ2n) is 7.19. The summed E-state index contributed by atoms with van der Waals surface area (Å²) in [6.45, 7) is 12.4. The van der Waals surface area contributed by atoms with Gasteiger partial charge in [-0.3, -0.25) is 0 Å². The summed E-state index contributed by atoms with van der Waals surface area (Å²) in [5, 5.41) is 0.258. The Hall–Kier alpha value is -1.39. The van der Waals surface area contributed by atoms with Crippen molar-refractivity contribution in [1.82, 2.24) is 0 Å². The number of ether oxygens (including phenoxy) is 1. The van der Waals surface area contributed by atoms with Gasteiger partial charge >= 0.3 is 5.97 Å². The predicted molar refractivity (Wildman–Crippen MR) is 98.2 cm³/mol. The molecule has 3 nitrogen and oxygen atoms in total. The highest BCUT2D eigenvalue weighted by Crippen LogP contribution is 2.36. The maximum atomic E-state index is 11.7. The molecule has 0 fully saturated rings. The Labute approximate surface area is 141 Å². The maximum absolute atomic E-state index is 11.7. The first-order valence-corrected chi connectivity index (χ1v) is 11.2. The van der Waals surface area contributed by atoms with Crippen molar-refractivity contribution >= 4 is 14.3 Å². The SMILES string of the molecule is CC(C)(C)[Si](C)(C)OCCC/C=C/COC(=O)c1ccccc1. The van der Waals surface area contributed by atoms with Gasteiger partial charge in [0.2, 0.25) is 0 Å². The van der Waals surface area contributed by atoms with Gasteiger partial charge in [-0.25, -0.2) is 4.79 Å². The van der Waals surface area contributed by atoms with Crippen molar-refractivity contribution < 1.29 is 14.0 Å². The second kappa shape index (κ2) is 9.04. The van der Waals surface area contributed by atoms with Gasteiger partial charge in [-0.2, -0.15) is 0 Å². The number of hydrogen-bond acceptors (Lipinski definition) is 3. The number of allylic oxidation sites excluding steroid dienone is 1. The molecule has 0 unspecified atom stereocenters. The van der Waals surface area contributed by atoms with E-state index in [0.29, 0.717) is 12.2 Å². The molecule has 0 radical (unpaired) electrons. The van der Waals surface area contributed by atoms with Crippen LogP contribution in [0.2, 0.25) is 18.1 Å². The van der Waals surface area contributed by atoms with E-state index >= 15 is 0 Å². The fourth-order valence-corrected chi connectivity index (χ4v) is 2.80. The number of benzene rings is 1. The minimum absolute atomic E-state index is 0.258. The summed E-state index contributed by atoms with van der Waals surface area (Å²) in [7, 11) is -1.63. The molecule has 0 spiro atoms. The lowest BCUT2D eigenvalue weighted by atomic mass is 10.2. The Balaban J connectivity index is 2.15. The highest BCUT2D eigenvalue weighted by Gasteiger charge is 2.36. The van der Waals surface area contributed by atoms with E-state index in [1.807, 2.05) is 30.4 Å². The molecule has 0 bridgehead atoms. The van der Waals surface area contributed by atoms with Gasteiger partial charge in [0.25, 0.3) is 0 Å². The molecule has 4 heteroatoms. The summed E-state index contributed by atoms with van der Waals surface area (Å²) in [5.41, 5.74) is 0.587. The van der Waals surface area contributed by atoms with Gasteiger partial charge in [0.05, 0.1) is 5.56 Å². The van der Waals surface area contributed by atoms with Crippen LogP contribution in [0.25, 0.3) is 0 Å². The number of rotatable bonds is 8. The topological polar surface area (TPSA) is 35.5 Å². The van der Waals surface area contributed by atoms with Crippen molar-refractivity contribution in [2.24, 2.45) is 0 Å². The van der Waals surface area contributed by atoms with Crippen LogP contribution in [0.15, 0.2) is 42.5 Å². The molecule has 0 amide bonds. The average Bonchev–Trinajstić information content (AvgIpc) is 2.49. The second-order valence-corrected chi connectivity index (χ2v) is 12.0. The highest BCUT2D eigenvalue weighted by molar-refractivity contribution is 6.74. The molecule has 0 aromatic heterocycles. The zero-order valence-electron chi connectivity index (χ0n) is 15.1. The van der Waals surface area contributed by atoms with Gasteiger partial charge < -0.3 is 9.16 Å². The summed E-state index contributed by atoms with van der Waals surface area (Å²) in [6, 6.07) is 9.04. The first kappa shape index (κ1) is 19.7. The van der Waals surface area contributed by atoms with Crippen molar-refractivity contribution in [3.05, 3.63) is 48.0 Å². The van der Waals surface area contributed by atoms with E-state index in [1.54, 1.807) is 12.1 Å². The van der Waals surface area contributed by atoms with Gasteiger partial charge in [0.15, 0.2) is 8.32 Å². The molecule has 0 saturated carbocycles. The van der Waals surface area contributed by atoms with E-state index in [4.69, 9.17) is 9.16 Å². The lowest BCUT2D eigenvalue weighted by Crippen LogP contribution is -2.40. The van der Waals surface area contributed by atoms with Crippen LogP contribution < -0.4 is 0 Å². The third-order valence-corrected chi connectivity index (χ3v) is 8.81. The van der Waals surface area contributed by atoms with E-state index in [0.717, 1.165) is 19.4 Å². The standard InChI is InChI=1S/C19H30O3Si/c1-19(2,3)23(4,5)22-16-12-7-6-11-15-21-18(20)17-13-9-8-10-14-17/h6,8-11,13-14H,7,12,15-16H2,1-5H3/b11-6+. The van der Waals surface area contributed by atoms with E-state index in [-0.39, 0.29) is 11.0 Å². The first-order chi connectivity index (χ1) is 10.7. The van der Waals surface area contributed by atoms with Gasteiger partial charge in [-0.15, -0.1) is 0 Å². The van der Waals surface area contributed by atoms with E-state index in [2.05, 4.69) is 33.9 Å². The van der Waals surface area contributed by atoms with E-state index in [1.165, 1.54) is 0 Å². The Kier molecular flexibility index (Phi) is 7.72. The monoisotopic (exact) mass is 334 g/mol. The Morgan fingerprint density at radius 1 is 1.13 bits per heavy atom. The molecule has 0 saturated heterocycles. The minimum Gasteiger partial charge on any atom is -0.458 e. The first-order valence-electron chi connectivity index (χ1n) is 8.25. The normalized spacial score (nSPS) is 12.6. The third kappa shape index (κ3) is 7.14. The molecule has 23 heavy (non-hydrogen) atoms. The van der Waals surface area contributed by atoms with Gasteiger partial charge in [0.1, 0.15) is 6.61 Å². The van der Waals surface area contributed by atoms with Crippen LogP contribution in [0.5, 0.6) is 0 Å². The van der Waals surface area contributed by atoms with Gasteiger partial charge in [-0.1, -0.05) is 51.1 Å². The number of carbonyl (C=O) groups is 1. The fraction of sp³-hybridized carbons (Fsp3) is 0.526. The number of hydrogen-bond donors (Lipinski definition) is 0. The Bertz CT molecular complexity index is 501. The molecule has 1 aromatic carbocycles. The Morgan fingerprint density at radius 2 is 1.78 bits per heavy atom. The van der Waals surface area contributed by atoms with Crippen molar-refractivity contribution in [1.29, 1.82) is 0 Å². The lowest BCUT2D eigenvalue weighted by molar-refractivity contribution is 0.0549. The molecule has 0 atom stereocenters. The van der Waals surface area contributed by atoms with Crippen molar-refractivity contribution in [2.75, 3.05) is 13.2 Å². The summed E-state index contributed by atoms with van der Waals surface area (Å²) >= 11 is 0.